The van der Waals surface area contributed by atoms with Crippen molar-refractivity contribution in [2.45, 2.75) is 192 Å². The molecule has 3 saturated carbocycles. The molecule has 0 aliphatic heterocycles. The van der Waals surface area contributed by atoms with Crippen LogP contribution in [0.25, 0.3) is 0 Å². The van der Waals surface area contributed by atoms with E-state index in [4.69, 9.17) is 44.5 Å². The SMILES string of the molecule is C.C=C(C)C(=O)OCCO.C=C(C)C(=O)OCCOC(=O)CCC1(C)CC(N=C=O)CC(C)(C)C1.C=C(C)C(=O)OCCOC(=O)CCC1(C)CC(NC(=O)NO)CC(C)(C)C1.CC1(C)CC(N=C=O)CC(C)(COC#N)C1.NO. The Bertz CT molecular complexity index is 2160. The van der Waals surface area contributed by atoms with Crippen LogP contribution in [-0.4, -0.2) is 128 Å². The molecule has 23 nitrogen and oxygen atoms in total. The number of nitrogens with zero attached hydrogens (tertiary/aromatic N) is 3. The number of hydroxylamine groups is 1. The number of carbonyl (C=O) groups excluding carboxylic acids is 8. The molecule has 3 aliphatic carbocycles. The fourth-order valence-electron chi connectivity index (χ4n) is 11.2. The fourth-order valence-corrected chi connectivity index (χ4v) is 11.2. The Morgan fingerprint density at radius 3 is 1.30 bits per heavy atom. The molecule has 0 radical (unpaired) electrons. The fraction of sp³-hybridized carbons (Fsp3) is 0.737. The summed E-state index contributed by atoms with van der Waals surface area (Å²) in [6.07, 6.45) is 14.5. The van der Waals surface area contributed by atoms with Gasteiger partial charge in [-0.05, 0) is 118 Å². The zero-order chi connectivity index (χ0) is 61.3. The second-order valence-corrected chi connectivity index (χ2v) is 24.0. The highest BCUT2D eigenvalue weighted by Crippen LogP contribution is 2.50. The van der Waals surface area contributed by atoms with E-state index in [-0.39, 0.29) is 116 Å². The van der Waals surface area contributed by atoms with Crippen LogP contribution in [0.3, 0.4) is 0 Å². The van der Waals surface area contributed by atoms with E-state index in [2.05, 4.69) is 108 Å². The second kappa shape index (κ2) is 38.4. The highest BCUT2D eigenvalue weighted by Gasteiger charge is 2.44. The van der Waals surface area contributed by atoms with E-state index in [9.17, 15) is 38.4 Å². The Labute approximate surface area is 474 Å². The van der Waals surface area contributed by atoms with E-state index in [1.54, 1.807) is 44.7 Å². The van der Waals surface area contributed by atoms with E-state index in [0.717, 1.165) is 51.4 Å². The molecule has 6 unspecified atom stereocenters. The maximum Gasteiger partial charge on any atom is 0.338 e. The number of nitrogens with one attached hydrogen (secondary N) is 2. The normalized spacial score (nSPS) is 23.3. The lowest BCUT2D eigenvalue weighted by molar-refractivity contribution is -0.150. The van der Waals surface area contributed by atoms with Gasteiger partial charge < -0.3 is 44.1 Å². The lowest BCUT2D eigenvalue weighted by Gasteiger charge is -2.46. The highest BCUT2D eigenvalue weighted by molar-refractivity contribution is 5.87. The topological polar surface area (TPSA) is 351 Å². The van der Waals surface area contributed by atoms with Gasteiger partial charge in [-0.15, -0.1) is 0 Å². The number of aliphatic hydroxyl groups is 1. The molecular formula is C57H96N6O17. The molecule has 0 bridgehead atoms. The molecule has 0 spiro atoms. The number of amides is 2. The third-order valence-electron chi connectivity index (χ3n) is 13.1. The molecule has 6 atom stereocenters. The number of nitrogens with two attached hydrogens (primary N) is 1. The molecule has 0 aromatic heterocycles. The first kappa shape index (κ1) is 78.0. The summed E-state index contributed by atoms with van der Waals surface area (Å²) in [5, 5.41) is 34.6. The minimum absolute atomic E-state index is 0. The van der Waals surface area contributed by atoms with Gasteiger partial charge in [-0.25, -0.2) is 50.1 Å². The van der Waals surface area contributed by atoms with Crippen LogP contribution >= 0.6 is 0 Å². The Hall–Kier alpha value is -6.27. The van der Waals surface area contributed by atoms with Gasteiger partial charge in [0.25, 0.3) is 6.26 Å². The number of aliphatic hydroxyl groups excluding tert-OH is 1. The molecule has 0 heterocycles. The average Bonchev–Trinajstić information content (AvgIpc) is 3.33. The number of hydrogen-bond acceptors (Lipinski definition) is 21. The van der Waals surface area contributed by atoms with Gasteiger partial charge in [0, 0.05) is 41.0 Å². The van der Waals surface area contributed by atoms with Crippen molar-refractivity contribution in [1.82, 2.24) is 10.8 Å². The summed E-state index contributed by atoms with van der Waals surface area (Å²) in [5.41, 5.74) is 2.46. The third kappa shape index (κ3) is 35.4. The number of hydrogen-bond donors (Lipinski definition) is 6. The molecule has 0 saturated heterocycles. The Balaban J connectivity index is -0.00000103. The van der Waals surface area contributed by atoms with Crippen molar-refractivity contribution in [2.75, 3.05) is 46.2 Å². The first-order valence-corrected chi connectivity index (χ1v) is 26.1. The van der Waals surface area contributed by atoms with Crippen molar-refractivity contribution >= 4 is 48.0 Å². The predicted molar refractivity (Wildman–Crippen MR) is 297 cm³/mol. The lowest BCUT2D eigenvalue weighted by atomic mass is 9.61. The van der Waals surface area contributed by atoms with Crippen molar-refractivity contribution in [1.29, 1.82) is 5.26 Å². The van der Waals surface area contributed by atoms with Gasteiger partial charge in [0.2, 0.25) is 12.2 Å². The molecule has 7 N–H and O–H groups in total. The molecule has 0 aromatic rings. The minimum Gasteiger partial charge on any atom is -0.462 e. The standard InChI is InChI=1S/C19H32N2O6.C19H29NO5.C12H18N2O2.C6H10O3.CH4.H3NO/c1-13(2)16(23)27-9-8-26-15(22)6-7-19(5)11-14(20-17(24)21-25)10-18(3,4)12-19;1-14(2)17(23)25-9-8-24-16(22)6-7-19(5)11-15(20-13-21)10-18(3,4)12-19;1-11(2)4-10(14-9-15)5-12(3,6-11)7-16-8-13;1-5(2)6(8)9-4-3-7;;1-2/h14,25H,1,6-12H2,2-5H3,(H2,20,21,24);15H,1,6-12H2,2-5H3;10H,4-7H2,1-3H3;7H,1,3-4H2,2H3;1H4;2H,1H2. The Kier molecular flexibility index (Phi) is 37.4. The number of isocyanates is 2. The van der Waals surface area contributed by atoms with Crippen LogP contribution in [0.4, 0.5) is 4.79 Å². The van der Waals surface area contributed by atoms with Crippen LogP contribution in [0.1, 0.15) is 174 Å². The van der Waals surface area contributed by atoms with Gasteiger partial charge in [0.05, 0.1) is 18.7 Å². The number of aliphatic imine (C=N–C) groups is 2. The summed E-state index contributed by atoms with van der Waals surface area (Å²) < 4.78 is 29.3. The van der Waals surface area contributed by atoms with E-state index >= 15 is 0 Å². The monoisotopic (exact) mass is 1140 g/mol. The maximum atomic E-state index is 12.0. The van der Waals surface area contributed by atoms with Crippen molar-refractivity contribution in [3.63, 3.8) is 0 Å². The van der Waals surface area contributed by atoms with Crippen LogP contribution in [0.2, 0.25) is 0 Å². The minimum atomic E-state index is -0.622. The predicted octanol–water partition coefficient (Wildman–Crippen LogP) is 8.53. The zero-order valence-corrected chi connectivity index (χ0v) is 49.0. The molecule has 3 rings (SSSR count). The number of urea groups is 1. The van der Waals surface area contributed by atoms with Gasteiger partial charge >= 0.3 is 35.9 Å². The summed E-state index contributed by atoms with van der Waals surface area (Å²) >= 11 is 0. The molecule has 3 aliphatic rings. The summed E-state index contributed by atoms with van der Waals surface area (Å²) in [7, 11) is 0. The zero-order valence-electron chi connectivity index (χ0n) is 49.0. The number of carbonyl (C=O) groups is 6. The van der Waals surface area contributed by atoms with E-state index in [1.165, 1.54) is 0 Å². The van der Waals surface area contributed by atoms with E-state index in [1.807, 2.05) is 0 Å². The average molecular weight is 1140 g/mol. The van der Waals surface area contributed by atoms with Crippen LogP contribution in [0.15, 0.2) is 46.4 Å². The number of rotatable bonds is 22. The van der Waals surface area contributed by atoms with Gasteiger partial charge in [0.15, 0.2) is 0 Å². The number of esters is 5. The largest absolute Gasteiger partial charge is 0.462 e. The summed E-state index contributed by atoms with van der Waals surface area (Å²) in [5.74, 6) is 1.39. The second-order valence-electron chi connectivity index (χ2n) is 24.0. The van der Waals surface area contributed by atoms with Gasteiger partial charge in [-0.3, -0.25) is 14.8 Å². The molecule has 3 fully saturated rings. The van der Waals surface area contributed by atoms with Crippen molar-refractivity contribution in [2.24, 2.45) is 48.4 Å². The van der Waals surface area contributed by atoms with Crippen LogP contribution < -0.4 is 16.7 Å². The molecule has 23 heteroatoms. The van der Waals surface area contributed by atoms with Crippen LogP contribution in [0.5, 0.6) is 0 Å². The quantitative estimate of drug-likeness (QED) is 0.00680. The van der Waals surface area contributed by atoms with Gasteiger partial charge in [-0.2, -0.15) is 5.26 Å². The maximum absolute atomic E-state index is 12.0. The van der Waals surface area contributed by atoms with E-state index < -0.39 is 23.9 Å². The molecule has 456 valence electrons. The Morgan fingerprint density at radius 1 is 0.588 bits per heavy atom. The van der Waals surface area contributed by atoms with Gasteiger partial charge in [0.1, 0.15) is 39.6 Å². The molecule has 80 heavy (non-hydrogen) atoms. The molecule has 0 aromatic carbocycles. The summed E-state index contributed by atoms with van der Waals surface area (Å²) in [4.78, 5) is 96.9. The lowest BCUT2D eigenvalue weighted by Crippen LogP contribution is -2.49. The van der Waals surface area contributed by atoms with Crippen molar-refractivity contribution < 1.29 is 82.3 Å². The highest BCUT2D eigenvalue weighted by atomic mass is 16.6. The van der Waals surface area contributed by atoms with Crippen molar-refractivity contribution in [3.8, 4) is 6.26 Å². The number of ether oxygens (including phenoxy) is 6. The Morgan fingerprint density at radius 2 is 0.938 bits per heavy atom. The first-order valence-electron chi connectivity index (χ1n) is 26.1. The summed E-state index contributed by atoms with van der Waals surface area (Å²) in [6.45, 7) is 34.6. The van der Waals surface area contributed by atoms with Crippen LogP contribution in [-0.2, 0) is 62.0 Å². The number of nitriles is 1. The first-order chi connectivity index (χ1) is 36.6. The smallest absolute Gasteiger partial charge is 0.338 e. The van der Waals surface area contributed by atoms with Crippen molar-refractivity contribution in [3.05, 3.63) is 36.5 Å². The third-order valence-corrected chi connectivity index (χ3v) is 13.1. The van der Waals surface area contributed by atoms with Crippen LogP contribution in [0, 0.1) is 44.0 Å². The molecule has 2 amide bonds. The molecular weight excluding hydrogens is 1040 g/mol. The summed E-state index contributed by atoms with van der Waals surface area (Å²) in [6, 6.07) is -0.732. The van der Waals surface area contributed by atoms with E-state index in [0.29, 0.717) is 49.0 Å². The van der Waals surface area contributed by atoms with Gasteiger partial charge in [-0.1, -0.05) is 89.5 Å².